The number of nitrogens with one attached hydrogen (secondary N) is 2. The number of amides is 1. The highest BCUT2D eigenvalue weighted by Gasteiger charge is 2.55. The second-order valence-electron chi connectivity index (χ2n) is 8.72. The first-order valence-electron chi connectivity index (χ1n) is 11.0. The van der Waals surface area contributed by atoms with Gasteiger partial charge in [-0.3, -0.25) is 4.79 Å². The molecule has 4 unspecified atom stereocenters. The first kappa shape index (κ1) is 23.8. The molecule has 4 N–H and O–H groups in total. The van der Waals surface area contributed by atoms with Crippen LogP contribution < -0.4 is 15.6 Å². The predicted molar refractivity (Wildman–Crippen MR) is 127 cm³/mol. The van der Waals surface area contributed by atoms with Crippen molar-refractivity contribution < 1.29 is 24.5 Å². The van der Waals surface area contributed by atoms with Crippen LogP contribution in [0.2, 0.25) is 0 Å². The molecule has 1 amide bonds. The Kier molecular flexibility index (Phi) is 6.86. The SMILES string of the molecule is COCCCN1C(=O)C2NNC(c3cc(C)cc(C)c3O)C2C1c1cc(Br)c(O)c(OC)c1. The second-order valence-corrected chi connectivity index (χ2v) is 9.57. The van der Waals surface area contributed by atoms with Crippen LogP contribution in [0, 0.1) is 19.8 Å². The van der Waals surface area contributed by atoms with Crippen molar-refractivity contribution in [2.45, 2.75) is 38.4 Å². The zero-order valence-corrected chi connectivity index (χ0v) is 20.8. The number of phenols is 2. The Balaban J connectivity index is 1.82. The first-order chi connectivity index (χ1) is 15.8. The number of aromatic hydroxyl groups is 2. The summed E-state index contributed by atoms with van der Waals surface area (Å²) in [6.07, 6.45) is 0.696. The summed E-state index contributed by atoms with van der Waals surface area (Å²) < 4.78 is 11.1. The number of aryl methyl sites for hydroxylation is 2. The van der Waals surface area contributed by atoms with Crippen molar-refractivity contribution in [3.63, 3.8) is 0 Å². The van der Waals surface area contributed by atoms with Gasteiger partial charge in [-0.25, -0.2) is 10.9 Å². The molecule has 2 aliphatic heterocycles. The number of hydrazine groups is 1. The zero-order chi connectivity index (χ0) is 23.9. The number of fused-ring (bicyclic) bond motifs is 1. The third-order valence-corrected chi connectivity index (χ3v) is 7.19. The van der Waals surface area contributed by atoms with Gasteiger partial charge >= 0.3 is 0 Å². The molecule has 2 heterocycles. The molecule has 178 valence electrons. The van der Waals surface area contributed by atoms with E-state index >= 15 is 0 Å². The summed E-state index contributed by atoms with van der Waals surface area (Å²) in [6.45, 7) is 4.94. The van der Waals surface area contributed by atoms with Gasteiger partial charge in [-0.2, -0.15) is 0 Å². The highest BCUT2D eigenvalue weighted by atomic mass is 79.9. The Hall–Kier alpha value is -2.33. The second kappa shape index (κ2) is 9.50. The third kappa shape index (κ3) is 4.19. The smallest absolute Gasteiger partial charge is 0.242 e. The summed E-state index contributed by atoms with van der Waals surface area (Å²) in [6, 6.07) is 6.45. The molecule has 0 saturated carbocycles. The Bertz CT molecular complexity index is 1060. The van der Waals surface area contributed by atoms with Crippen LogP contribution in [0.15, 0.2) is 28.7 Å². The van der Waals surface area contributed by atoms with Crippen LogP contribution in [0.4, 0.5) is 0 Å². The molecule has 2 aromatic carbocycles. The van der Waals surface area contributed by atoms with Crippen molar-refractivity contribution >= 4 is 21.8 Å². The lowest BCUT2D eigenvalue weighted by molar-refractivity contribution is -0.131. The van der Waals surface area contributed by atoms with Crippen molar-refractivity contribution in [2.24, 2.45) is 5.92 Å². The molecule has 2 fully saturated rings. The first-order valence-corrected chi connectivity index (χ1v) is 11.7. The van der Waals surface area contributed by atoms with Crippen LogP contribution in [-0.4, -0.2) is 54.4 Å². The lowest BCUT2D eigenvalue weighted by Gasteiger charge is -2.32. The molecular formula is C24H30BrN3O5. The molecule has 0 aromatic heterocycles. The van der Waals surface area contributed by atoms with Crippen LogP contribution in [0.5, 0.6) is 17.2 Å². The molecule has 4 rings (SSSR count). The minimum atomic E-state index is -0.457. The van der Waals surface area contributed by atoms with Gasteiger partial charge in [-0.05, 0) is 59.5 Å². The van der Waals surface area contributed by atoms with E-state index in [0.717, 1.165) is 22.3 Å². The minimum Gasteiger partial charge on any atom is -0.507 e. The predicted octanol–water partition coefficient (Wildman–Crippen LogP) is 3.24. The number of rotatable bonds is 7. The lowest BCUT2D eigenvalue weighted by Crippen LogP contribution is -2.41. The minimum absolute atomic E-state index is 0.0110. The monoisotopic (exact) mass is 519 g/mol. The maximum atomic E-state index is 13.5. The van der Waals surface area contributed by atoms with E-state index in [1.807, 2.05) is 36.9 Å². The van der Waals surface area contributed by atoms with Crippen molar-refractivity contribution in [2.75, 3.05) is 27.4 Å². The number of benzene rings is 2. The van der Waals surface area contributed by atoms with Crippen LogP contribution in [0.1, 0.15) is 40.8 Å². The fourth-order valence-electron chi connectivity index (χ4n) is 5.14. The molecule has 0 radical (unpaired) electrons. The summed E-state index contributed by atoms with van der Waals surface area (Å²) in [5, 5.41) is 21.2. The number of methoxy groups -OCH3 is 2. The average molecular weight is 520 g/mol. The van der Waals surface area contributed by atoms with E-state index in [1.165, 1.54) is 7.11 Å². The Morgan fingerprint density at radius 1 is 1.06 bits per heavy atom. The fourth-order valence-corrected chi connectivity index (χ4v) is 5.60. The number of halogens is 1. The van der Waals surface area contributed by atoms with Gasteiger partial charge in [0.1, 0.15) is 11.8 Å². The number of hydrogen-bond acceptors (Lipinski definition) is 7. The average Bonchev–Trinajstić information content (AvgIpc) is 3.32. The Morgan fingerprint density at radius 3 is 2.48 bits per heavy atom. The topological polar surface area (TPSA) is 103 Å². The molecule has 2 aromatic rings. The van der Waals surface area contributed by atoms with Crippen LogP contribution in [0.25, 0.3) is 0 Å². The fraction of sp³-hybridized carbons (Fsp3) is 0.458. The van der Waals surface area contributed by atoms with E-state index in [1.54, 1.807) is 13.2 Å². The summed E-state index contributed by atoms with van der Waals surface area (Å²) in [4.78, 5) is 15.4. The van der Waals surface area contributed by atoms with Gasteiger partial charge in [0.05, 0.1) is 23.7 Å². The molecule has 2 aliphatic rings. The van der Waals surface area contributed by atoms with Crippen molar-refractivity contribution in [3.05, 3.63) is 51.0 Å². The van der Waals surface area contributed by atoms with E-state index in [9.17, 15) is 15.0 Å². The van der Waals surface area contributed by atoms with Gasteiger partial charge in [-0.1, -0.05) is 17.7 Å². The molecule has 0 aliphatic carbocycles. The maximum absolute atomic E-state index is 13.5. The summed E-state index contributed by atoms with van der Waals surface area (Å²) in [5.41, 5.74) is 9.88. The number of carbonyl (C=O) groups excluding carboxylic acids is 1. The number of carbonyl (C=O) groups is 1. The van der Waals surface area contributed by atoms with E-state index in [-0.39, 0.29) is 35.4 Å². The van der Waals surface area contributed by atoms with Gasteiger partial charge < -0.3 is 24.6 Å². The highest BCUT2D eigenvalue weighted by molar-refractivity contribution is 9.10. The summed E-state index contributed by atoms with van der Waals surface area (Å²) in [5.74, 6) is 0.363. The molecular weight excluding hydrogens is 490 g/mol. The van der Waals surface area contributed by atoms with E-state index < -0.39 is 6.04 Å². The number of ether oxygens (including phenoxy) is 2. The lowest BCUT2D eigenvalue weighted by atomic mass is 9.82. The van der Waals surface area contributed by atoms with Gasteiger partial charge in [0.15, 0.2) is 11.5 Å². The van der Waals surface area contributed by atoms with Crippen LogP contribution in [-0.2, 0) is 9.53 Å². The Morgan fingerprint density at radius 2 is 1.79 bits per heavy atom. The molecule has 4 atom stereocenters. The van der Waals surface area contributed by atoms with Gasteiger partial charge in [0, 0.05) is 31.7 Å². The van der Waals surface area contributed by atoms with Crippen molar-refractivity contribution in [3.8, 4) is 17.2 Å². The van der Waals surface area contributed by atoms with E-state index in [0.29, 0.717) is 29.8 Å². The largest absolute Gasteiger partial charge is 0.507 e. The van der Waals surface area contributed by atoms with E-state index in [4.69, 9.17) is 9.47 Å². The van der Waals surface area contributed by atoms with Gasteiger partial charge in [0.2, 0.25) is 5.91 Å². The zero-order valence-electron chi connectivity index (χ0n) is 19.2. The van der Waals surface area contributed by atoms with Crippen LogP contribution >= 0.6 is 15.9 Å². The number of hydrogen-bond donors (Lipinski definition) is 4. The summed E-state index contributed by atoms with van der Waals surface area (Å²) >= 11 is 3.42. The quantitative estimate of drug-likeness (QED) is 0.416. The molecule has 9 heteroatoms. The molecule has 0 bridgehead atoms. The Labute approximate surface area is 202 Å². The van der Waals surface area contributed by atoms with Crippen LogP contribution in [0.3, 0.4) is 0 Å². The normalized spacial score (nSPS) is 24.4. The third-order valence-electron chi connectivity index (χ3n) is 6.58. The van der Waals surface area contributed by atoms with Crippen molar-refractivity contribution in [1.29, 1.82) is 0 Å². The molecule has 0 spiro atoms. The number of phenolic OH excluding ortho intramolecular Hbond substituents is 2. The number of nitrogens with zero attached hydrogens (tertiary/aromatic N) is 1. The molecule has 8 nitrogen and oxygen atoms in total. The molecule has 2 saturated heterocycles. The van der Waals surface area contributed by atoms with Gasteiger partial charge in [0.25, 0.3) is 0 Å². The number of likely N-dealkylation sites (tertiary alicyclic amines) is 1. The maximum Gasteiger partial charge on any atom is 0.242 e. The standard InChI is InChI=1S/C24H30BrN3O5/c1-12-8-13(2)22(29)15(9-12)19-18-20(27-26-19)24(31)28(6-5-7-32-3)21(18)14-10-16(25)23(30)17(11-14)33-4/h8-11,18-21,26-27,29-30H,5-7H2,1-4H3. The summed E-state index contributed by atoms with van der Waals surface area (Å²) in [7, 11) is 3.14. The highest BCUT2D eigenvalue weighted by Crippen LogP contribution is 2.50. The van der Waals surface area contributed by atoms with Gasteiger partial charge in [-0.15, -0.1) is 0 Å². The molecule has 33 heavy (non-hydrogen) atoms. The van der Waals surface area contributed by atoms with E-state index in [2.05, 4.69) is 26.8 Å². The van der Waals surface area contributed by atoms with Crippen molar-refractivity contribution in [1.82, 2.24) is 15.8 Å².